The number of carbonyl (C=O) groups is 2. The lowest BCUT2D eigenvalue weighted by molar-refractivity contribution is -0.134. The molecule has 0 spiro atoms. The first-order chi connectivity index (χ1) is 10.1. The second-order valence-electron chi connectivity index (χ2n) is 4.95. The summed E-state index contributed by atoms with van der Waals surface area (Å²) in [7, 11) is 1.46. The van der Waals surface area contributed by atoms with Gasteiger partial charge in [0.05, 0.1) is 7.11 Å². The van der Waals surface area contributed by atoms with E-state index in [9.17, 15) is 9.59 Å². The van der Waals surface area contributed by atoms with Crippen LogP contribution in [0, 0.1) is 0 Å². The molecule has 0 bridgehead atoms. The highest BCUT2D eigenvalue weighted by molar-refractivity contribution is 5.95. The second-order valence-corrected chi connectivity index (χ2v) is 4.95. The Hall–Kier alpha value is -2.24. The van der Waals surface area contributed by atoms with Crippen LogP contribution in [0.15, 0.2) is 18.2 Å². The van der Waals surface area contributed by atoms with Gasteiger partial charge in [0.15, 0.2) is 6.61 Å². The molecule has 0 atom stereocenters. The number of amides is 1. The summed E-state index contributed by atoms with van der Waals surface area (Å²) in [4.78, 5) is 25.8. The Labute approximate surface area is 123 Å². The van der Waals surface area contributed by atoms with Crippen LogP contribution in [0.4, 0.5) is 5.69 Å². The van der Waals surface area contributed by atoms with Crippen LogP contribution in [0.2, 0.25) is 0 Å². The van der Waals surface area contributed by atoms with Gasteiger partial charge in [-0.1, -0.05) is 0 Å². The Kier molecular flexibility index (Phi) is 4.67. The first-order valence-corrected chi connectivity index (χ1v) is 6.97. The van der Waals surface area contributed by atoms with Crippen LogP contribution in [-0.4, -0.2) is 43.1 Å². The number of methoxy groups -OCH3 is 1. The average molecular weight is 292 g/mol. The Balaban J connectivity index is 1.98. The largest absolute Gasteiger partial charge is 0.496 e. The highest BCUT2D eigenvalue weighted by atomic mass is 16.5. The van der Waals surface area contributed by atoms with E-state index >= 15 is 0 Å². The highest BCUT2D eigenvalue weighted by Crippen LogP contribution is 2.27. The molecule has 0 radical (unpaired) electrons. The van der Waals surface area contributed by atoms with Gasteiger partial charge in [0, 0.05) is 18.3 Å². The van der Waals surface area contributed by atoms with Gasteiger partial charge in [-0.2, -0.15) is 0 Å². The van der Waals surface area contributed by atoms with Crippen molar-refractivity contribution >= 4 is 17.6 Å². The molecule has 0 saturated heterocycles. The van der Waals surface area contributed by atoms with E-state index in [0.29, 0.717) is 24.0 Å². The van der Waals surface area contributed by atoms with Gasteiger partial charge in [0.2, 0.25) is 0 Å². The number of nitrogens with two attached hydrogens (primary N) is 1. The third-order valence-corrected chi connectivity index (χ3v) is 3.42. The summed E-state index contributed by atoms with van der Waals surface area (Å²) in [5, 5.41) is 0. The smallest absolute Gasteiger partial charge is 0.342 e. The van der Waals surface area contributed by atoms with E-state index in [4.69, 9.17) is 15.2 Å². The first-order valence-electron chi connectivity index (χ1n) is 6.97. The zero-order chi connectivity index (χ0) is 15.4. The quantitative estimate of drug-likeness (QED) is 0.634. The molecule has 0 unspecified atom stereocenters. The number of ether oxygens (including phenoxy) is 2. The van der Waals surface area contributed by atoms with E-state index < -0.39 is 5.97 Å². The van der Waals surface area contributed by atoms with E-state index in [0.717, 1.165) is 12.8 Å². The number of nitrogens with zero attached hydrogens (tertiary/aromatic N) is 1. The lowest BCUT2D eigenvalue weighted by atomic mass is 10.2. The Morgan fingerprint density at radius 3 is 2.67 bits per heavy atom. The Morgan fingerprint density at radius 1 is 1.38 bits per heavy atom. The number of hydrogen-bond acceptors (Lipinski definition) is 5. The van der Waals surface area contributed by atoms with Crippen molar-refractivity contribution in [1.82, 2.24) is 4.90 Å². The minimum atomic E-state index is -0.612. The maximum Gasteiger partial charge on any atom is 0.342 e. The minimum absolute atomic E-state index is 0.170. The standard InChI is InChI=1S/C15H20N2O4/c1-3-17(11-5-6-11)14(18)9-21-15(19)12-8-10(16)4-7-13(12)20-2/h4,7-8,11H,3,5-6,9,16H2,1-2H3. The molecule has 1 aliphatic carbocycles. The van der Waals surface area contributed by atoms with E-state index in [1.165, 1.54) is 13.2 Å². The van der Waals surface area contributed by atoms with Crippen LogP contribution < -0.4 is 10.5 Å². The number of likely N-dealkylation sites (N-methyl/N-ethyl adjacent to an activating group) is 1. The summed E-state index contributed by atoms with van der Waals surface area (Å²) < 4.78 is 10.2. The summed E-state index contributed by atoms with van der Waals surface area (Å²) >= 11 is 0. The maximum atomic E-state index is 12.0. The van der Waals surface area contributed by atoms with Crippen molar-refractivity contribution in [1.29, 1.82) is 0 Å². The molecule has 114 valence electrons. The van der Waals surface area contributed by atoms with Gasteiger partial charge in [0.25, 0.3) is 5.91 Å². The average Bonchev–Trinajstić information content (AvgIpc) is 3.30. The molecule has 21 heavy (non-hydrogen) atoms. The molecule has 6 nitrogen and oxygen atoms in total. The molecule has 2 rings (SSSR count). The highest BCUT2D eigenvalue weighted by Gasteiger charge is 2.31. The van der Waals surface area contributed by atoms with Crippen LogP contribution in [-0.2, 0) is 9.53 Å². The van der Waals surface area contributed by atoms with Crippen molar-refractivity contribution in [2.24, 2.45) is 0 Å². The normalized spacial score (nSPS) is 13.6. The van der Waals surface area contributed by atoms with Crippen molar-refractivity contribution in [2.75, 3.05) is 26.0 Å². The zero-order valence-corrected chi connectivity index (χ0v) is 12.3. The number of benzene rings is 1. The van der Waals surface area contributed by atoms with Crippen LogP contribution in [0.3, 0.4) is 0 Å². The number of esters is 1. The van der Waals surface area contributed by atoms with Gasteiger partial charge in [-0.15, -0.1) is 0 Å². The number of anilines is 1. The fourth-order valence-electron chi connectivity index (χ4n) is 2.20. The van der Waals surface area contributed by atoms with E-state index in [2.05, 4.69) is 0 Å². The van der Waals surface area contributed by atoms with Crippen LogP contribution in [0.25, 0.3) is 0 Å². The monoisotopic (exact) mass is 292 g/mol. The molecular formula is C15H20N2O4. The van der Waals surface area contributed by atoms with Gasteiger partial charge in [-0.05, 0) is 38.0 Å². The molecule has 0 heterocycles. The fourth-order valence-corrected chi connectivity index (χ4v) is 2.20. The number of hydrogen-bond donors (Lipinski definition) is 1. The third kappa shape index (κ3) is 3.65. The van der Waals surface area contributed by atoms with Gasteiger partial charge < -0.3 is 20.1 Å². The Bertz CT molecular complexity index is 540. The molecule has 2 N–H and O–H groups in total. The van der Waals surface area contributed by atoms with Crippen molar-refractivity contribution in [3.8, 4) is 5.75 Å². The predicted molar refractivity (Wildman–Crippen MR) is 78.1 cm³/mol. The maximum absolute atomic E-state index is 12.0. The second kappa shape index (κ2) is 6.47. The molecule has 0 aliphatic heterocycles. The van der Waals surface area contributed by atoms with Crippen LogP contribution in [0.5, 0.6) is 5.75 Å². The molecule has 0 aromatic heterocycles. The fraction of sp³-hybridized carbons (Fsp3) is 0.467. The van der Waals surface area contributed by atoms with Gasteiger partial charge in [-0.25, -0.2) is 4.79 Å². The van der Waals surface area contributed by atoms with Crippen molar-refractivity contribution in [3.05, 3.63) is 23.8 Å². The summed E-state index contributed by atoms with van der Waals surface area (Å²) in [5.41, 5.74) is 6.31. The SMILES string of the molecule is CCN(C(=O)COC(=O)c1cc(N)ccc1OC)C1CC1. The van der Waals surface area contributed by atoms with Crippen molar-refractivity contribution in [2.45, 2.75) is 25.8 Å². The third-order valence-electron chi connectivity index (χ3n) is 3.42. The molecule has 1 amide bonds. The summed E-state index contributed by atoms with van der Waals surface area (Å²) in [6.45, 7) is 2.28. The molecule has 1 aliphatic rings. The van der Waals surface area contributed by atoms with Crippen molar-refractivity contribution in [3.63, 3.8) is 0 Å². The van der Waals surface area contributed by atoms with Gasteiger partial charge in [0.1, 0.15) is 11.3 Å². The molecule has 6 heteroatoms. The minimum Gasteiger partial charge on any atom is -0.496 e. The predicted octanol–water partition coefficient (Wildman–Crippen LogP) is 1.45. The molecule has 1 saturated carbocycles. The summed E-state index contributed by atoms with van der Waals surface area (Å²) in [5.74, 6) is -0.410. The summed E-state index contributed by atoms with van der Waals surface area (Å²) in [6.07, 6.45) is 2.05. The van der Waals surface area contributed by atoms with E-state index in [-0.39, 0.29) is 18.1 Å². The lowest BCUT2D eigenvalue weighted by Gasteiger charge is -2.20. The van der Waals surface area contributed by atoms with Crippen molar-refractivity contribution < 1.29 is 19.1 Å². The molecule has 1 aromatic carbocycles. The topological polar surface area (TPSA) is 81.9 Å². The molecule has 1 fully saturated rings. The number of rotatable bonds is 6. The molecular weight excluding hydrogens is 272 g/mol. The number of nitrogen functional groups attached to an aromatic ring is 1. The Morgan fingerprint density at radius 2 is 2.10 bits per heavy atom. The molecule has 1 aromatic rings. The van der Waals surface area contributed by atoms with E-state index in [1.807, 2.05) is 6.92 Å². The zero-order valence-electron chi connectivity index (χ0n) is 12.3. The lowest BCUT2D eigenvalue weighted by Crippen LogP contribution is -2.36. The number of carbonyl (C=O) groups excluding carboxylic acids is 2. The van der Waals surface area contributed by atoms with Gasteiger partial charge >= 0.3 is 5.97 Å². The summed E-state index contributed by atoms with van der Waals surface area (Å²) in [6, 6.07) is 5.01. The van der Waals surface area contributed by atoms with Crippen LogP contribution >= 0.6 is 0 Å². The first kappa shape index (κ1) is 15.2. The van der Waals surface area contributed by atoms with Gasteiger partial charge in [-0.3, -0.25) is 4.79 Å². The van der Waals surface area contributed by atoms with E-state index in [1.54, 1.807) is 17.0 Å². The van der Waals surface area contributed by atoms with Crippen LogP contribution in [0.1, 0.15) is 30.1 Å².